The molecule has 1 aliphatic rings. The number of carboxylic acid groups (broad SMARTS) is 1. The summed E-state index contributed by atoms with van der Waals surface area (Å²) in [5, 5.41) is 18.2. The van der Waals surface area contributed by atoms with Gasteiger partial charge in [-0.2, -0.15) is 5.26 Å². The molecule has 3 rings (SSSR count). The van der Waals surface area contributed by atoms with Gasteiger partial charge in [0.1, 0.15) is 18.4 Å². The second-order valence-electron chi connectivity index (χ2n) is 6.22. The molecule has 1 N–H and O–H groups in total. The molecule has 2 aromatic carbocycles. The van der Waals surface area contributed by atoms with Gasteiger partial charge in [0.05, 0.1) is 11.6 Å². The summed E-state index contributed by atoms with van der Waals surface area (Å²) in [5.41, 5.74) is 2.59. The van der Waals surface area contributed by atoms with Crippen molar-refractivity contribution in [2.45, 2.75) is 32.0 Å². The normalized spacial score (nSPS) is 17.2. The quantitative estimate of drug-likeness (QED) is 0.877. The van der Waals surface area contributed by atoms with Gasteiger partial charge in [0, 0.05) is 6.54 Å². The minimum absolute atomic E-state index is 0.389. The minimum Gasteiger partial charge on any atom is -0.489 e. The van der Waals surface area contributed by atoms with Gasteiger partial charge in [-0.25, -0.2) is 0 Å². The number of rotatable bonds is 6. The number of nitriles is 1. The number of nitrogens with zero attached hydrogens (tertiary/aromatic N) is 2. The highest BCUT2D eigenvalue weighted by molar-refractivity contribution is 5.73. The lowest BCUT2D eigenvalue weighted by Crippen LogP contribution is -2.35. The Morgan fingerprint density at radius 2 is 2.04 bits per heavy atom. The number of carbonyl (C=O) groups is 1. The van der Waals surface area contributed by atoms with Crippen molar-refractivity contribution in [3.63, 3.8) is 0 Å². The molecule has 1 heterocycles. The molecule has 25 heavy (non-hydrogen) atoms. The zero-order valence-corrected chi connectivity index (χ0v) is 13.9. The molecule has 1 aliphatic heterocycles. The third-order valence-corrected chi connectivity index (χ3v) is 4.39. The fourth-order valence-corrected chi connectivity index (χ4v) is 3.16. The van der Waals surface area contributed by atoms with Crippen LogP contribution in [0.5, 0.6) is 5.75 Å². The predicted octanol–water partition coefficient (Wildman–Crippen LogP) is 3.19. The Labute approximate surface area is 147 Å². The third kappa shape index (κ3) is 4.37. The topological polar surface area (TPSA) is 73.6 Å². The Bertz CT molecular complexity index is 798. The van der Waals surface area contributed by atoms with Gasteiger partial charge < -0.3 is 9.84 Å². The average molecular weight is 336 g/mol. The Morgan fingerprint density at radius 3 is 2.84 bits per heavy atom. The van der Waals surface area contributed by atoms with E-state index >= 15 is 0 Å². The Kier molecular flexibility index (Phi) is 5.32. The average Bonchev–Trinajstić information content (AvgIpc) is 3.09. The van der Waals surface area contributed by atoms with Gasteiger partial charge in [-0.05, 0) is 54.8 Å². The Balaban J connectivity index is 1.63. The molecular weight excluding hydrogens is 316 g/mol. The lowest BCUT2D eigenvalue weighted by atomic mass is 10.1. The van der Waals surface area contributed by atoms with E-state index < -0.39 is 12.0 Å². The van der Waals surface area contributed by atoms with Gasteiger partial charge in [-0.3, -0.25) is 9.69 Å². The molecule has 0 radical (unpaired) electrons. The standard InChI is InChI=1S/C20H20N2O3/c21-12-15-4-1-6-17(10-15)14-25-18-7-2-5-16(11-18)13-22-9-3-8-19(22)20(23)24/h1-2,4-7,10-11,19H,3,8-9,13-14H2,(H,23,24)/t19-/m1/s1. The second-order valence-corrected chi connectivity index (χ2v) is 6.22. The van der Waals surface area contributed by atoms with E-state index in [-0.39, 0.29) is 0 Å². The van der Waals surface area contributed by atoms with Crippen molar-refractivity contribution >= 4 is 5.97 Å². The van der Waals surface area contributed by atoms with E-state index in [9.17, 15) is 9.90 Å². The molecule has 0 spiro atoms. The van der Waals surface area contributed by atoms with Gasteiger partial charge >= 0.3 is 5.97 Å². The van der Waals surface area contributed by atoms with Crippen LogP contribution in [0.15, 0.2) is 48.5 Å². The monoisotopic (exact) mass is 336 g/mol. The maximum absolute atomic E-state index is 11.3. The van der Waals surface area contributed by atoms with Gasteiger partial charge in [0.25, 0.3) is 0 Å². The fourth-order valence-electron chi connectivity index (χ4n) is 3.16. The van der Waals surface area contributed by atoms with Crippen molar-refractivity contribution in [1.29, 1.82) is 5.26 Å². The molecular formula is C20H20N2O3. The van der Waals surface area contributed by atoms with E-state index in [2.05, 4.69) is 6.07 Å². The summed E-state index contributed by atoms with van der Waals surface area (Å²) in [6, 6.07) is 16.8. The second kappa shape index (κ2) is 7.82. The van der Waals surface area contributed by atoms with Crippen LogP contribution < -0.4 is 4.74 Å². The molecule has 128 valence electrons. The van der Waals surface area contributed by atoms with Crippen LogP contribution in [0.25, 0.3) is 0 Å². The highest BCUT2D eigenvalue weighted by Gasteiger charge is 2.30. The van der Waals surface area contributed by atoms with Crippen molar-refractivity contribution < 1.29 is 14.6 Å². The van der Waals surface area contributed by atoms with Crippen LogP contribution in [0.2, 0.25) is 0 Å². The van der Waals surface area contributed by atoms with Crippen LogP contribution in [0.1, 0.15) is 29.5 Å². The van der Waals surface area contributed by atoms with Crippen LogP contribution >= 0.6 is 0 Å². The molecule has 1 saturated heterocycles. The molecule has 0 saturated carbocycles. The number of hydrogen-bond donors (Lipinski definition) is 1. The maximum atomic E-state index is 11.3. The summed E-state index contributed by atoms with van der Waals surface area (Å²) >= 11 is 0. The first-order valence-electron chi connectivity index (χ1n) is 8.33. The highest BCUT2D eigenvalue weighted by atomic mass is 16.5. The minimum atomic E-state index is -0.748. The summed E-state index contributed by atoms with van der Waals surface area (Å²) in [4.78, 5) is 13.3. The van der Waals surface area contributed by atoms with Crippen molar-refractivity contribution in [3.05, 3.63) is 65.2 Å². The highest BCUT2D eigenvalue weighted by Crippen LogP contribution is 2.22. The molecule has 1 atom stereocenters. The van der Waals surface area contributed by atoms with Crippen LogP contribution in [-0.2, 0) is 17.9 Å². The number of benzene rings is 2. The van der Waals surface area contributed by atoms with Crippen LogP contribution in [0.3, 0.4) is 0 Å². The van der Waals surface area contributed by atoms with Crippen LogP contribution in [0.4, 0.5) is 0 Å². The number of likely N-dealkylation sites (tertiary alicyclic amines) is 1. The van der Waals surface area contributed by atoms with E-state index in [1.54, 1.807) is 6.07 Å². The summed E-state index contributed by atoms with van der Waals surface area (Å²) in [6.07, 6.45) is 1.63. The lowest BCUT2D eigenvalue weighted by molar-refractivity contribution is -0.142. The first-order valence-corrected chi connectivity index (χ1v) is 8.33. The fraction of sp³-hybridized carbons (Fsp3) is 0.300. The van der Waals surface area contributed by atoms with E-state index in [4.69, 9.17) is 10.00 Å². The molecule has 0 bridgehead atoms. The lowest BCUT2D eigenvalue weighted by Gasteiger charge is -2.21. The number of carboxylic acids is 1. The zero-order chi connectivity index (χ0) is 17.6. The molecule has 0 unspecified atom stereocenters. The van der Waals surface area contributed by atoms with Crippen LogP contribution in [-0.4, -0.2) is 28.6 Å². The van der Waals surface area contributed by atoms with E-state index in [0.717, 1.165) is 29.8 Å². The zero-order valence-electron chi connectivity index (χ0n) is 13.9. The largest absolute Gasteiger partial charge is 0.489 e. The van der Waals surface area contributed by atoms with Gasteiger partial charge in [-0.1, -0.05) is 24.3 Å². The Hall–Kier alpha value is -2.84. The SMILES string of the molecule is N#Cc1cccc(COc2cccc(CN3CCC[C@@H]3C(=O)O)c2)c1. The molecule has 5 heteroatoms. The molecule has 0 amide bonds. The molecule has 5 nitrogen and oxygen atoms in total. The van der Waals surface area contributed by atoms with Crippen molar-refractivity contribution in [2.75, 3.05) is 6.54 Å². The van der Waals surface area contributed by atoms with E-state index in [1.807, 2.05) is 47.4 Å². The summed E-state index contributed by atoms with van der Waals surface area (Å²) < 4.78 is 5.83. The van der Waals surface area contributed by atoms with E-state index in [0.29, 0.717) is 25.1 Å². The Morgan fingerprint density at radius 1 is 1.24 bits per heavy atom. The van der Waals surface area contributed by atoms with Crippen LogP contribution in [0, 0.1) is 11.3 Å². The number of aliphatic carboxylic acids is 1. The molecule has 0 aliphatic carbocycles. The van der Waals surface area contributed by atoms with Gasteiger partial charge in [0.2, 0.25) is 0 Å². The van der Waals surface area contributed by atoms with E-state index in [1.165, 1.54) is 0 Å². The van der Waals surface area contributed by atoms with Gasteiger partial charge in [-0.15, -0.1) is 0 Å². The maximum Gasteiger partial charge on any atom is 0.320 e. The van der Waals surface area contributed by atoms with Gasteiger partial charge in [0.15, 0.2) is 0 Å². The van der Waals surface area contributed by atoms with Crippen molar-refractivity contribution in [1.82, 2.24) is 4.90 Å². The smallest absolute Gasteiger partial charge is 0.320 e. The summed E-state index contributed by atoms with van der Waals surface area (Å²) in [6.45, 7) is 1.81. The first-order chi connectivity index (χ1) is 12.2. The molecule has 0 aromatic heterocycles. The summed E-state index contributed by atoms with van der Waals surface area (Å²) in [5.74, 6) is -0.00629. The third-order valence-electron chi connectivity index (χ3n) is 4.39. The van der Waals surface area contributed by atoms with Crippen molar-refractivity contribution in [3.8, 4) is 11.8 Å². The molecule has 2 aromatic rings. The predicted molar refractivity (Wildman–Crippen MR) is 93.0 cm³/mol. The number of ether oxygens (including phenoxy) is 1. The first kappa shape index (κ1) is 17.0. The van der Waals surface area contributed by atoms with Crippen molar-refractivity contribution in [2.24, 2.45) is 0 Å². The summed E-state index contributed by atoms with van der Waals surface area (Å²) in [7, 11) is 0. The number of hydrogen-bond acceptors (Lipinski definition) is 4. The molecule has 1 fully saturated rings.